The Balaban J connectivity index is 1.28. The normalized spacial score (nSPS) is 29.6. The molecule has 0 saturated heterocycles. The molecular weight excluding hydrogens is 876 g/mol. The number of rotatable bonds is 4. The van der Waals surface area contributed by atoms with Crippen LogP contribution in [0.5, 0.6) is 0 Å². The molecule has 11 rings (SSSR count). The zero-order chi connectivity index (χ0) is 51.1. The van der Waals surface area contributed by atoms with Gasteiger partial charge in [0.1, 0.15) is 0 Å². The van der Waals surface area contributed by atoms with E-state index in [2.05, 4.69) is 226 Å². The number of anilines is 4. The Morgan fingerprint density at radius 3 is 1.52 bits per heavy atom. The van der Waals surface area contributed by atoms with Gasteiger partial charge in [0.15, 0.2) is 0 Å². The fourth-order valence-corrected chi connectivity index (χ4v) is 17.8. The maximum atomic E-state index is 2.94. The molecule has 0 bridgehead atoms. The van der Waals surface area contributed by atoms with Crippen LogP contribution < -0.4 is 15.3 Å². The molecule has 4 unspecified atom stereocenters. The zero-order valence-corrected chi connectivity index (χ0v) is 48.6. The maximum Gasteiger partial charge on any atom is 0.201 e. The highest BCUT2D eigenvalue weighted by molar-refractivity contribution is 8.04. The molecule has 0 aromatic heterocycles. The summed E-state index contributed by atoms with van der Waals surface area (Å²) in [5, 5.41) is 0.245. The number of hydrogen-bond donors (Lipinski definition) is 0. The van der Waals surface area contributed by atoms with Crippen molar-refractivity contribution in [1.82, 2.24) is 0 Å². The standard InChI is InChI=1S/C67H89BN2S/c1-20-21-40(2)41(3)42-34-53-56-54(35-42)70(44-23-25-46-48(37-44)63(10,11)29-27-61(46,6)7)59-57(55-58(71-59)67(18,19)33-32-66(55,16)17)68(56)51-38-49-50(65(14,15)31-30-64(49,12)13)39-52(51)69(53)43-22-24-45-47(36-43)62(8,9)28-26-60(45,4)5/h20-25,34-39,51-52,57,59H,26-33H2,1-19H3/b21-20-,41-40+. The molecule has 4 atom stereocenters. The van der Waals surface area contributed by atoms with Crippen molar-refractivity contribution in [2.45, 2.75) is 228 Å². The highest BCUT2D eigenvalue weighted by atomic mass is 32.2. The van der Waals surface area contributed by atoms with Crippen molar-refractivity contribution >= 4 is 52.3 Å². The van der Waals surface area contributed by atoms with Crippen molar-refractivity contribution in [3.63, 3.8) is 0 Å². The minimum atomic E-state index is 0.0956. The molecule has 0 N–H and O–H groups in total. The first-order chi connectivity index (χ1) is 32.9. The minimum Gasteiger partial charge on any atom is -0.335 e. The van der Waals surface area contributed by atoms with E-state index < -0.39 is 0 Å². The molecule has 71 heavy (non-hydrogen) atoms. The fraction of sp³-hybridized carbons (Fsp3) is 0.582. The molecule has 8 aliphatic rings. The van der Waals surface area contributed by atoms with Gasteiger partial charge in [0, 0.05) is 22.7 Å². The van der Waals surface area contributed by atoms with Crippen molar-refractivity contribution in [3.8, 4) is 0 Å². The Kier molecular flexibility index (Phi) is 11.0. The number of thioether (sulfide) groups is 1. The maximum absolute atomic E-state index is 2.94. The first-order valence-electron chi connectivity index (χ1n) is 28.2. The summed E-state index contributed by atoms with van der Waals surface area (Å²) >= 11 is 2.28. The van der Waals surface area contributed by atoms with E-state index in [9.17, 15) is 0 Å². The van der Waals surface area contributed by atoms with Gasteiger partial charge in [-0.15, -0.1) is 11.8 Å². The van der Waals surface area contributed by atoms with Crippen molar-refractivity contribution in [3.05, 3.63) is 128 Å². The summed E-state index contributed by atoms with van der Waals surface area (Å²) < 4.78 is 0. The van der Waals surface area contributed by atoms with Crippen molar-refractivity contribution in [2.75, 3.05) is 9.80 Å². The summed E-state index contributed by atoms with van der Waals surface area (Å²) in [5.74, 6) is 0.653. The quantitative estimate of drug-likeness (QED) is 0.190. The monoisotopic (exact) mass is 965 g/mol. The summed E-state index contributed by atoms with van der Waals surface area (Å²) in [6.07, 6.45) is 20.1. The van der Waals surface area contributed by atoms with E-state index >= 15 is 0 Å². The highest BCUT2D eigenvalue weighted by Crippen LogP contribution is 2.70. The summed E-state index contributed by atoms with van der Waals surface area (Å²) in [4.78, 5) is 7.55. The summed E-state index contributed by atoms with van der Waals surface area (Å²) in [6.45, 7) is 47.8. The summed E-state index contributed by atoms with van der Waals surface area (Å²) in [5.41, 5.74) is 23.4. The van der Waals surface area contributed by atoms with Crippen LogP contribution in [0.1, 0.15) is 211 Å². The molecule has 0 radical (unpaired) electrons. The van der Waals surface area contributed by atoms with E-state index in [1.54, 1.807) is 43.8 Å². The summed E-state index contributed by atoms with van der Waals surface area (Å²) in [7, 11) is 0. The second-order valence-electron chi connectivity index (χ2n) is 29.5. The SMILES string of the molecule is C/C=C\C(C)=C(/C)c1cc2c3c(c1)N(c1ccc4c(c1)C(C)(C)CCC4(C)C)C1SC4=C(C1B3C1C=C3C(=CC1N2c1ccc2c(c1)C(C)(C)CCC2(C)C)C(C)(C)CCC3(C)C)C(C)(C)CCC4(C)C. The van der Waals surface area contributed by atoms with Crippen molar-refractivity contribution in [1.29, 1.82) is 0 Å². The minimum absolute atomic E-state index is 0.0956. The predicted molar refractivity (Wildman–Crippen MR) is 312 cm³/mol. The molecule has 2 nitrogen and oxygen atoms in total. The van der Waals surface area contributed by atoms with Crippen LogP contribution in [0, 0.1) is 21.7 Å². The van der Waals surface area contributed by atoms with Gasteiger partial charge in [-0.3, -0.25) is 0 Å². The largest absolute Gasteiger partial charge is 0.335 e. The van der Waals surface area contributed by atoms with Crippen LogP contribution in [-0.2, 0) is 21.7 Å². The molecular formula is C67H89BN2S. The van der Waals surface area contributed by atoms with Crippen LogP contribution in [0.3, 0.4) is 0 Å². The third kappa shape index (κ3) is 7.36. The molecule has 0 amide bonds. The number of benzene rings is 3. The zero-order valence-electron chi connectivity index (χ0n) is 47.8. The second kappa shape index (κ2) is 15.7. The molecule has 1 saturated carbocycles. The van der Waals surface area contributed by atoms with Gasteiger partial charge in [0.25, 0.3) is 0 Å². The Morgan fingerprint density at radius 1 is 0.535 bits per heavy atom. The molecule has 1 fully saturated rings. The molecule has 3 heterocycles. The number of hydrogen-bond acceptors (Lipinski definition) is 3. The lowest BCUT2D eigenvalue weighted by Gasteiger charge is -2.57. The van der Waals surface area contributed by atoms with Crippen molar-refractivity contribution in [2.24, 2.45) is 21.7 Å². The van der Waals surface area contributed by atoms with Crippen LogP contribution in [0.2, 0.25) is 11.6 Å². The Morgan fingerprint density at radius 2 is 0.986 bits per heavy atom. The molecule has 5 aliphatic carbocycles. The van der Waals surface area contributed by atoms with E-state index in [0.717, 1.165) is 0 Å². The van der Waals surface area contributed by atoms with Crippen LogP contribution >= 0.6 is 11.8 Å². The van der Waals surface area contributed by atoms with Gasteiger partial charge in [-0.1, -0.05) is 153 Å². The smallest absolute Gasteiger partial charge is 0.201 e. The Labute approximate surface area is 436 Å². The van der Waals surface area contributed by atoms with Crippen molar-refractivity contribution < 1.29 is 0 Å². The fourth-order valence-electron chi connectivity index (χ4n) is 15.8. The molecule has 3 aromatic carbocycles. The highest BCUT2D eigenvalue weighted by Gasteiger charge is 2.63. The molecule has 0 spiro atoms. The van der Waals surface area contributed by atoms with Crippen LogP contribution in [0.15, 0.2) is 100 Å². The average Bonchev–Trinajstić information content (AvgIpc) is 3.72. The van der Waals surface area contributed by atoms with E-state index in [0.29, 0.717) is 18.3 Å². The van der Waals surface area contributed by atoms with Gasteiger partial charge < -0.3 is 9.80 Å². The third-order valence-electron chi connectivity index (χ3n) is 21.1. The third-order valence-corrected chi connectivity index (χ3v) is 22.8. The molecule has 3 aliphatic heterocycles. The topological polar surface area (TPSA) is 6.48 Å². The molecule has 376 valence electrons. The number of nitrogens with zero attached hydrogens (tertiary/aromatic N) is 2. The van der Waals surface area contributed by atoms with E-state index in [4.69, 9.17) is 0 Å². The van der Waals surface area contributed by atoms with Gasteiger partial charge >= 0.3 is 0 Å². The van der Waals surface area contributed by atoms with Crippen LogP contribution in [0.4, 0.5) is 22.7 Å². The van der Waals surface area contributed by atoms with Gasteiger partial charge in [-0.2, -0.15) is 0 Å². The summed E-state index contributed by atoms with van der Waals surface area (Å²) in [6, 6.07) is 21.1. The first kappa shape index (κ1) is 49.6. The second-order valence-corrected chi connectivity index (χ2v) is 30.7. The van der Waals surface area contributed by atoms with Crippen LogP contribution in [0.25, 0.3) is 5.57 Å². The lowest BCUT2D eigenvalue weighted by Crippen LogP contribution is -2.62. The first-order valence-corrected chi connectivity index (χ1v) is 29.0. The van der Waals surface area contributed by atoms with E-state index in [1.807, 2.05) is 0 Å². The molecule has 4 heteroatoms. The van der Waals surface area contributed by atoms with Gasteiger partial charge in [-0.05, 0) is 224 Å². The average molecular weight is 965 g/mol. The number of allylic oxidation sites excluding steroid dienone is 7. The lowest BCUT2D eigenvalue weighted by atomic mass is 9.24. The van der Waals surface area contributed by atoms with Gasteiger partial charge in [-0.25, -0.2) is 0 Å². The predicted octanol–water partition coefficient (Wildman–Crippen LogP) is 18.8. The van der Waals surface area contributed by atoms with Crippen LogP contribution in [-0.4, -0.2) is 18.1 Å². The lowest BCUT2D eigenvalue weighted by molar-refractivity contribution is 0.255. The Hall–Kier alpha value is -3.63. The van der Waals surface area contributed by atoms with Gasteiger partial charge in [0.2, 0.25) is 6.71 Å². The Bertz CT molecular complexity index is 2930. The van der Waals surface area contributed by atoms with Gasteiger partial charge in [0.05, 0.1) is 11.4 Å². The molecule has 3 aromatic rings. The van der Waals surface area contributed by atoms with E-state index in [-0.39, 0.29) is 54.7 Å². The van der Waals surface area contributed by atoms with E-state index in [1.165, 1.54) is 96.4 Å². The number of fused-ring (bicyclic) bond motifs is 8.